The SMILES string of the molecule is Cc1cccnc1C1(CNC(=O)C(C)Cl)CC1. The van der Waals surface area contributed by atoms with Crippen molar-refractivity contribution in [3.63, 3.8) is 0 Å². The number of alkyl halides is 1. The van der Waals surface area contributed by atoms with E-state index in [2.05, 4.69) is 23.3 Å². The number of pyridine rings is 1. The fraction of sp³-hybridized carbons (Fsp3) is 0.538. The Morgan fingerprint density at radius 3 is 2.88 bits per heavy atom. The molecule has 0 aliphatic heterocycles. The van der Waals surface area contributed by atoms with E-state index in [-0.39, 0.29) is 11.3 Å². The lowest BCUT2D eigenvalue weighted by atomic mass is 9.97. The number of nitrogens with one attached hydrogen (secondary N) is 1. The topological polar surface area (TPSA) is 42.0 Å². The second-order valence-corrected chi connectivity index (χ2v) is 5.44. The summed E-state index contributed by atoms with van der Waals surface area (Å²) < 4.78 is 0. The predicted molar refractivity (Wildman–Crippen MR) is 68.2 cm³/mol. The van der Waals surface area contributed by atoms with E-state index in [1.54, 1.807) is 6.92 Å². The Balaban J connectivity index is 2.06. The minimum absolute atomic E-state index is 0.0484. The Hall–Kier alpha value is -1.09. The van der Waals surface area contributed by atoms with Gasteiger partial charge in [0.25, 0.3) is 0 Å². The maximum atomic E-state index is 11.5. The van der Waals surface area contributed by atoms with Crippen molar-refractivity contribution in [3.8, 4) is 0 Å². The minimum Gasteiger partial charge on any atom is -0.354 e. The normalized spacial score (nSPS) is 18.5. The molecule has 92 valence electrons. The lowest BCUT2D eigenvalue weighted by molar-refractivity contribution is -0.120. The molecule has 1 unspecified atom stereocenters. The molecular weight excluding hydrogens is 236 g/mol. The quantitative estimate of drug-likeness (QED) is 0.835. The van der Waals surface area contributed by atoms with Gasteiger partial charge in [0.05, 0.1) is 5.69 Å². The summed E-state index contributed by atoms with van der Waals surface area (Å²) in [4.78, 5) is 15.9. The zero-order valence-corrected chi connectivity index (χ0v) is 10.9. The summed E-state index contributed by atoms with van der Waals surface area (Å²) in [5.41, 5.74) is 2.35. The number of hydrogen-bond donors (Lipinski definition) is 1. The smallest absolute Gasteiger partial charge is 0.237 e. The minimum atomic E-state index is -0.476. The fourth-order valence-electron chi connectivity index (χ4n) is 2.09. The van der Waals surface area contributed by atoms with E-state index in [0.29, 0.717) is 6.54 Å². The molecule has 0 saturated heterocycles. The molecular formula is C13H17ClN2O. The molecule has 1 aromatic rings. The summed E-state index contributed by atoms with van der Waals surface area (Å²) in [5.74, 6) is -0.105. The number of halogens is 1. The van der Waals surface area contributed by atoms with Crippen molar-refractivity contribution in [1.29, 1.82) is 0 Å². The largest absolute Gasteiger partial charge is 0.354 e. The van der Waals surface area contributed by atoms with Gasteiger partial charge in [0.1, 0.15) is 5.38 Å². The molecule has 1 atom stereocenters. The summed E-state index contributed by atoms with van der Waals surface area (Å²) in [6.07, 6.45) is 3.98. The summed E-state index contributed by atoms with van der Waals surface area (Å²) in [6, 6.07) is 4.00. The third-order valence-electron chi connectivity index (χ3n) is 3.33. The Kier molecular flexibility index (Phi) is 3.38. The van der Waals surface area contributed by atoms with E-state index in [0.717, 1.165) is 18.5 Å². The molecule has 1 N–H and O–H groups in total. The number of nitrogens with zero attached hydrogens (tertiary/aromatic N) is 1. The van der Waals surface area contributed by atoms with Crippen LogP contribution >= 0.6 is 11.6 Å². The maximum absolute atomic E-state index is 11.5. The van der Waals surface area contributed by atoms with Crippen LogP contribution in [0.4, 0.5) is 0 Å². The second kappa shape index (κ2) is 4.65. The highest BCUT2D eigenvalue weighted by molar-refractivity contribution is 6.30. The molecule has 1 aliphatic carbocycles. The number of hydrogen-bond acceptors (Lipinski definition) is 2. The third kappa shape index (κ3) is 2.60. The highest BCUT2D eigenvalue weighted by Gasteiger charge is 2.46. The third-order valence-corrected chi connectivity index (χ3v) is 3.53. The second-order valence-electron chi connectivity index (χ2n) is 4.78. The number of aryl methyl sites for hydroxylation is 1. The van der Waals surface area contributed by atoms with E-state index in [1.807, 2.05) is 12.3 Å². The van der Waals surface area contributed by atoms with Gasteiger partial charge in [-0.3, -0.25) is 9.78 Å². The van der Waals surface area contributed by atoms with Crippen molar-refractivity contribution in [2.45, 2.75) is 37.5 Å². The van der Waals surface area contributed by atoms with Gasteiger partial charge in [0.2, 0.25) is 5.91 Å². The first kappa shape index (κ1) is 12.4. The molecule has 3 nitrogen and oxygen atoms in total. The Labute approximate surface area is 107 Å². The van der Waals surface area contributed by atoms with Gasteiger partial charge in [-0.05, 0) is 38.3 Å². The van der Waals surface area contributed by atoms with Crippen molar-refractivity contribution in [1.82, 2.24) is 10.3 Å². The van der Waals surface area contributed by atoms with Gasteiger partial charge in [-0.1, -0.05) is 6.07 Å². The highest BCUT2D eigenvalue weighted by Crippen LogP contribution is 2.47. The van der Waals surface area contributed by atoms with E-state index in [9.17, 15) is 4.79 Å². The van der Waals surface area contributed by atoms with Gasteiger partial charge in [-0.15, -0.1) is 11.6 Å². The van der Waals surface area contributed by atoms with Crippen LogP contribution in [0.2, 0.25) is 0 Å². The van der Waals surface area contributed by atoms with Crippen molar-refractivity contribution in [2.75, 3.05) is 6.54 Å². The lowest BCUT2D eigenvalue weighted by Gasteiger charge is -2.18. The molecule has 1 heterocycles. The standard InChI is InChI=1S/C13H17ClN2O/c1-9-4-3-7-15-11(9)13(5-6-13)8-16-12(17)10(2)14/h3-4,7,10H,5-6,8H2,1-2H3,(H,16,17). The summed E-state index contributed by atoms with van der Waals surface area (Å²) in [6.45, 7) is 4.39. The number of rotatable bonds is 4. The average molecular weight is 253 g/mol. The zero-order chi connectivity index (χ0) is 12.5. The molecule has 4 heteroatoms. The summed E-state index contributed by atoms with van der Waals surface area (Å²) >= 11 is 5.73. The van der Waals surface area contributed by atoms with Gasteiger partial charge in [0, 0.05) is 18.2 Å². The van der Waals surface area contributed by atoms with Gasteiger partial charge in [-0.25, -0.2) is 0 Å². The van der Waals surface area contributed by atoms with E-state index < -0.39 is 5.38 Å². The van der Waals surface area contributed by atoms with Crippen LogP contribution in [0.25, 0.3) is 0 Å². The average Bonchev–Trinajstić information content (AvgIpc) is 3.07. The van der Waals surface area contributed by atoms with Crippen LogP contribution < -0.4 is 5.32 Å². The number of carbonyl (C=O) groups excluding carboxylic acids is 1. The molecule has 1 fully saturated rings. The first-order chi connectivity index (χ1) is 8.05. The van der Waals surface area contributed by atoms with Crippen molar-refractivity contribution in [2.24, 2.45) is 0 Å². The van der Waals surface area contributed by atoms with Crippen molar-refractivity contribution in [3.05, 3.63) is 29.6 Å². The van der Waals surface area contributed by atoms with Gasteiger partial charge in [-0.2, -0.15) is 0 Å². The molecule has 1 aromatic heterocycles. The maximum Gasteiger partial charge on any atom is 0.237 e. The fourth-order valence-corrected chi connectivity index (χ4v) is 2.16. The van der Waals surface area contributed by atoms with E-state index >= 15 is 0 Å². The van der Waals surface area contributed by atoms with Crippen LogP contribution in [0.3, 0.4) is 0 Å². The van der Waals surface area contributed by atoms with E-state index in [1.165, 1.54) is 5.56 Å². The Bertz CT molecular complexity index is 427. The summed E-state index contributed by atoms with van der Waals surface area (Å²) in [7, 11) is 0. The van der Waals surface area contributed by atoms with Crippen LogP contribution in [-0.2, 0) is 10.2 Å². The van der Waals surface area contributed by atoms with E-state index in [4.69, 9.17) is 11.6 Å². The Morgan fingerprint density at radius 2 is 2.35 bits per heavy atom. The number of aromatic nitrogens is 1. The number of carbonyl (C=O) groups is 1. The monoisotopic (exact) mass is 252 g/mol. The molecule has 1 saturated carbocycles. The van der Waals surface area contributed by atoms with Crippen molar-refractivity contribution < 1.29 is 4.79 Å². The predicted octanol–water partition coefficient (Wildman–Crippen LogP) is 2.17. The van der Waals surface area contributed by atoms with Crippen LogP contribution in [0, 0.1) is 6.92 Å². The lowest BCUT2D eigenvalue weighted by Crippen LogP contribution is -2.36. The molecule has 2 rings (SSSR count). The molecule has 0 aromatic carbocycles. The molecule has 1 aliphatic rings. The zero-order valence-electron chi connectivity index (χ0n) is 10.2. The molecule has 0 radical (unpaired) electrons. The van der Waals surface area contributed by atoms with Crippen LogP contribution in [0.1, 0.15) is 31.0 Å². The van der Waals surface area contributed by atoms with Crippen LogP contribution in [-0.4, -0.2) is 22.8 Å². The van der Waals surface area contributed by atoms with Crippen molar-refractivity contribution >= 4 is 17.5 Å². The van der Waals surface area contributed by atoms with Gasteiger partial charge < -0.3 is 5.32 Å². The molecule has 0 spiro atoms. The van der Waals surface area contributed by atoms with Crippen LogP contribution in [0.5, 0.6) is 0 Å². The van der Waals surface area contributed by atoms with Gasteiger partial charge >= 0.3 is 0 Å². The molecule has 0 bridgehead atoms. The first-order valence-electron chi connectivity index (χ1n) is 5.89. The molecule has 1 amide bonds. The number of amides is 1. The highest BCUT2D eigenvalue weighted by atomic mass is 35.5. The van der Waals surface area contributed by atoms with Gasteiger partial charge in [0.15, 0.2) is 0 Å². The molecule has 17 heavy (non-hydrogen) atoms. The first-order valence-corrected chi connectivity index (χ1v) is 6.33. The Morgan fingerprint density at radius 1 is 1.65 bits per heavy atom. The van der Waals surface area contributed by atoms with Crippen LogP contribution in [0.15, 0.2) is 18.3 Å². The summed E-state index contributed by atoms with van der Waals surface area (Å²) in [5, 5.41) is 2.42.